The monoisotopic (exact) mass is 820 g/mol. The van der Waals surface area contributed by atoms with Gasteiger partial charge < -0.3 is 35.0 Å². The zero-order chi connectivity index (χ0) is 34.2. The summed E-state index contributed by atoms with van der Waals surface area (Å²) in [4.78, 5) is 20.4. The van der Waals surface area contributed by atoms with E-state index < -0.39 is 23.6 Å². The maximum absolute atomic E-state index is 12.2. The SMILES string of the molecule is CC1C2=C(CCC[CH-]2)C2=C1CCCC2.CC1C2=C(CCC[CH-]2)C2=C1CCCC2.O=C(O)c1ccc(F)cc1.O=C(O)c1ccc(F)cc1.[Cl-].[Cl-].[Ti].[Ti]. The second kappa shape index (κ2) is 23.0. The third kappa shape index (κ3) is 12.0. The molecule has 0 saturated heterocycles. The molecule has 2 unspecified atom stereocenters. The topological polar surface area (TPSA) is 74.6 Å². The first-order chi connectivity index (χ1) is 23.2. The number of carbonyl (C=O) groups is 2. The van der Waals surface area contributed by atoms with Gasteiger partial charge in [0, 0.05) is 43.4 Å². The Morgan fingerprint density at radius 2 is 0.846 bits per heavy atom. The first-order valence-electron chi connectivity index (χ1n) is 17.7. The van der Waals surface area contributed by atoms with Gasteiger partial charge in [0.15, 0.2) is 0 Å². The number of aromatic carboxylic acids is 2. The van der Waals surface area contributed by atoms with E-state index in [9.17, 15) is 18.4 Å². The molecule has 0 saturated carbocycles. The van der Waals surface area contributed by atoms with Gasteiger partial charge in [-0.1, -0.05) is 63.5 Å². The second-order valence-electron chi connectivity index (χ2n) is 13.5. The molecule has 2 aromatic carbocycles. The fourth-order valence-corrected chi connectivity index (χ4v) is 8.20. The number of fused-ring (bicyclic) bond motifs is 2. The fourth-order valence-electron chi connectivity index (χ4n) is 8.20. The molecule has 0 aromatic heterocycles. The Morgan fingerprint density at radius 1 is 0.538 bits per heavy atom. The molecule has 2 N–H and O–H groups in total. The van der Waals surface area contributed by atoms with Gasteiger partial charge in [-0.15, -0.1) is 24.0 Å². The summed E-state index contributed by atoms with van der Waals surface area (Å²) >= 11 is 0. The summed E-state index contributed by atoms with van der Waals surface area (Å²) in [7, 11) is 0. The molecule has 280 valence electrons. The molecule has 2 atom stereocenters. The van der Waals surface area contributed by atoms with Crippen molar-refractivity contribution in [3.8, 4) is 0 Å². The standard InChI is InChI=1S/2C14H19.2C7H5FO2.2ClH.2Ti/c2*1-10-11-6-2-4-8-13(11)14-9-5-3-7-12(10)14;2*8-6-3-1-5(2-4-6)7(9)10;;;;/h2*6,10H,2-5,7-9H2,1H3;2*1-4H,(H,9,10);2*1H;;/q2*-1;;;;;;/p-2. The third-order valence-corrected chi connectivity index (χ3v) is 10.6. The third-order valence-electron chi connectivity index (χ3n) is 10.6. The summed E-state index contributed by atoms with van der Waals surface area (Å²) in [5.41, 5.74) is 14.3. The van der Waals surface area contributed by atoms with Crippen LogP contribution in [0.3, 0.4) is 0 Å². The molecule has 0 heterocycles. The van der Waals surface area contributed by atoms with Gasteiger partial charge >= 0.3 is 11.9 Å². The van der Waals surface area contributed by atoms with E-state index in [0.29, 0.717) is 0 Å². The molecule has 6 aliphatic rings. The molecule has 4 nitrogen and oxygen atoms in total. The van der Waals surface area contributed by atoms with Gasteiger partial charge in [-0.3, -0.25) is 0 Å². The van der Waals surface area contributed by atoms with Gasteiger partial charge in [0.05, 0.1) is 11.1 Å². The molecular weight excluding hydrogens is 773 g/mol. The quantitative estimate of drug-likeness (QED) is 0.313. The molecule has 0 spiro atoms. The molecule has 10 heteroatoms. The molecule has 0 bridgehead atoms. The number of allylic oxidation sites excluding steroid dienone is 8. The van der Waals surface area contributed by atoms with Crippen molar-refractivity contribution in [2.45, 2.75) is 104 Å². The molecule has 52 heavy (non-hydrogen) atoms. The number of benzene rings is 2. The summed E-state index contributed by atoms with van der Waals surface area (Å²) in [5.74, 6) is -1.38. The van der Waals surface area contributed by atoms with Crippen molar-refractivity contribution in [2.24, 2.45) is 11.8 Å². The molecule has 8 rings (SSSR count). The van der Waals surface area contributed by atoms with Crippen LogP contribution in [0.25, 0.3) is 0 Å². The van der Waals surface area contributed by atoms with E-state index in [1.807, 2.05) is 0 Å². The first kappa shape index (κ1) is 48.0. The summed E-state index contributed by atoms with van der Waals surface area (Å²) in [6.07, 6.45) is 24.5. The van der Waals surface area contributed by atoms with Crippen molar-refractivity contribution < 1.29 is 96.8 Å². The van der Waals surface area contributed by atoms with Crippen LogP contribution in [0.4, 0.5) is 8.78 Å². The van der Waals surface area contributed by atoms with E-state index in [1.54, 1.807) is 44.6 Å². The van der Waals surface area contributed by atoms with Crippen LogP contribution in [-0.4, -0.2) is 22.2 Å². The predicted molar refractivity (Wildman–Crippen MR) is 186 cm³/mol. The maximum Gasteiger partial charge on any atom is 0.335 e. The first-order valence-corrected chi connectivity index (χ1v) is 17.7. The van der Waals surface area contributed by atoms with Gasteiger partial charge in [-0.2, -0.15) is 11.1 Å². The van der Waals surface area contributed by atoms with Crippen molar-refractivity contribution in [2.75, 3.05) is 0 Å². The molecule has 2 aromatic rings. The Kier molecular flexibility index (Phi) is 21.2. The van der Waals surface area contributed by atoms with Crippen molar-refractivity contribution in [3.05, 3.63) is 129 Å². The largest absolute Gasteiger partial charge is 1.00 e. The van der Waals surface area contributed by atoms with Crippen LogP contribution in [0.15, 0.2) is 93.1 Å². The Balaban J connectivity index is 0.000000343. The zero-order valence-electron chi connectivity index (χ0n) is 30.1. The van der Waals surface area contributed by atoms with Crippen molar-refractivity contribution in [1.82, 2.24) is 0 Å². The summed E-state index contributed by atoms with van der Waals surface area (Å²) < 4.78 is 24.3. The average Bonchev–Trinajstić information content (AvgIpc) is 3.57. The molecular formula is C42H48Cl2F2O4Ti2-4. The normalized spacial score (nSPS) is 20.5. The van der Waals surface area contributed by atoms with Crippen molar-refractivity contribution >= 4 is 11.9 Å². The van der Waals surface area contributed by atoms with E-state index in [4.69, 9.17) is 10.2 Å². The number of carboxylic acid groups (broad SMARTS) is 2. The second-order valence-corrected chi connectivity index (χ2v) is 13.5. The van der Waals surface area contributed by atoms with Gasteiger partial charge in [0.25, 0.3) is 0 Å². The van der Waals surface area contributed by atoms with Gasteiger partial charge in [0.1, 0.15) is 11.6 Å². The maximum atomic E-state index is 12.2. The number of halogens is 4. The summed E-state index contributed by atoms with van der Waals surface area (Å²) in [6.45, 7) is 4.84. The van der Waals surface area contributed by atoms with Crippen LogP contribution >= 0.6 is 0 Å². The number of rotatable bonds is 2. The Hall–Kier alpha value is -2.05. The van der Waals surface area contributed by atoms with Crippen LogP contribution in [-0.2, 0) is 43.4 Å². The van der Waals surface area contributed by atoms with Crippen molar-refractivity contribution in [1.29, 1.82) is 0 Å². The zero-order valence-corrected chi connectivity index (χ0v) is 34.7. The fraction of sp³-hybridized carbons (Fsp3) is 0.429. The average molecular weight is 821 g/mol. The van der Waals surface area contributed by atoms with Crippen LogP contribution in [0.1, 0.15) is 124 Å². The van der Waals surface area contributed by atoms with Crippen LogP contribution in [0.2, 0.25) is 0 Å². The van der Waals surface area contributed by atoms with E-state index in [2.05, 4.69) is 26.7 Å². The van der Waals surface area contributed by atoms with Gasteiger partial charge in [-0.05, 0) is 98.9 Å². The predicted octanol–water partition coefficient (Wildman–Crippen LogP) is 5.43. The van der Waals surface area contributed by atoms with Crippen molar-refractivity contribution in [3.63, 3.8) is 0 Å². The minimum atomic E-state index is -1.04. The minimum Gasteiger partial charge on any atom is -1.00 e. The van der Waals surface area contributed by atoms with Crippen LogP contribution in [0.5, 0.6) is 0 Å². The Labute approximate surface area is 350 Å². The Morgan fingerprint density at radius 3 is 1.17 bits per heavy atom. The summed E-state index contributed by atoms with van der Waals surface area (Å²) in [6, 6.07) is 9.34. The minimum absolute atomic E-state index is 0. The van der Waals surface area contributed by atoms with Gasteiger partial charge in [0.2, 0.25) is 0 Å². The number of hydrogen-bond donors (Lipinski definition) is 2. The Bertz CT molecular complexity index is 1450. The molecule has 0 radical (unpaired) electrons. The number of hydrogen-bond acceptors (Lipinski definition) is 2. The van der Waals surface area contributed by atoms with Crippen LogP contribution < -0.4 is 24.8 Å². The van der Waals surface area contributed by atoms with E-state index >= 15 is 0 Å². The number of carboxylic acids is 2. The molecule has 0 fully saturated rings. The smallest absolute Gasteiger partial charge is 0.335 e. The summed E-state index contributed by atoms with van der Waals surface area (Å²) in [5, 5.41) is 16.7. The molecule has 0 aliphatic heterocycles. The van der Waals surface area contributed by atoms with Gasteiger partial charge in [-0.25, -0.2) is 42.4 Å². The van der Waals surface area contributed by atoms with E-state index in [0.717, 1.165) is 36.1 Å². The molecule has 0 amide bonds. The molecule has 6 aliphatic carbocycles. The van der Waals surface area contributed by atoms with E-state index in [-0.39, 0.29) is 79.4 Å². The van der Waals surface area contributed by atoms with Crippen LogP contribution in [0, 0.1) is 36.3 Å². The van der Waals surface area contributed by atoms with E-state index in [1.165, 1.54) is 114 Å².